The van der Waals surface area contributed by atoms with E-state index in [4.69, 9.17) is 23.2 Å². The van der Waals surface area contributed by atoms with E-state index in [0.717, 1.165) is 18.5 Å². The highest BCUT2D eigenvalue weighted by Gasteiger charge is 2.00. The van der Waals surface area contributed by atoms with Gasteiger partial charge >= 0.3 is 0 Å². The topological polar surface area (TPSA) is 12.0 Å². The summed E-state index contributed by atoms with van der Waals surface area (Å²) in [5.74, 6) is 0. The minimum absolute atomic E-state index is 0.339. The van der Waals surface area contributed by atoms with Gasteiger partial charge in [0.1, 0.15) is 6.67 Å². The van der Waals surface area contributed by atoms with Crippen molar-refractivity contribution in [3.63, 3.8) is 0 Å². The zero-order valence-corrected chi connectivity index (χ0v) is 9.21. The largest absolute Gasteiger partial charge is 0.314 e. The van der Waals surface area contributed by atoms with Gasteiger partial charge in [-0.15, -0.1) is 0 Å². The van der Waals surface area contributed by atoms with Crippen LogP contribution < -0.4 is 5.32 Å². The molecule has 0 unspecified atom stereocenters. The van der Waals surface area contributed by atoms with Crippen LogP contribution in [0.3, 0.4) is 0 Å². The van der Waals surface area contributed by atoms with E-state index >= 15 is 0 Å². The molecule has 78 valence electrons. The highest BCUT2D eigenvalue weighted by atomic mass is 35.5. The van der Waals surface area contributed by atoms with Crippen LogP contribution in [0.25, 0.3) is 0 Å². The third kappa shape index (κ3) is 3.82. The summed E-state index contributed by atoms with van der Waals surface area (Å²) in [5.41, 5.74) is 1.03. The standard InChI is InChI=1S/C10H12Cl2FN/c11-9-2-1-8(10(12)7-9)3-5-14-6-4-13/h1-2,7,14H,3-6H2. The van der Waals surface area contributed by atoms with Gasteiger partial charge in [0.25, 0.3) is 0 Å². The normalized spacial score (nSPS) is 10.5. The molecule has 0 aliphatic carbocycles. The molecular weight excluding hydrogens is 224 g/mol. The fourth-order valence-electron chi connectivity index (χ4n) is 1.14. The molecule has 0 spiro atoms. The number of hydrogen-bond acceptors (Lipinski definition) is 1. The smallest absolute Gasteiger partial charge is 0.102 e. The van der Waals surface area contributed by atoms with Crippen LogP contribution in [0.5, 0.6) is 0 Å². The molecule has 1 aromatic carbocycles. The Morgan fingerprint density at radius 1 is 1.21 bits per heavy atom. The summed E-state index contributed by atoms with van der Waals surface area (Å²) >= 11 is 11.7. The second kappa shape index (κ2) is 6.23. The van der Waals surface area contributed by atoms with E-state index in [-0.39, 0.29) is 6.67 Å². The number of nitrogens with one attached hydrogen (secondary N) is 1. The Morgan fingerprint density at radius 3 is 2.64 bits per heavy atom. The van der Waals surface area contributed by atoms with Gasteiger partial charge in [0.15, 0.2) is 0 Å². The maximum atomic E-state index is 11.7. The van der Waals surface area contributed by atoms with Crippen molar-refractivity contribution in [1.29, 1.82) is 0 Å². The number of halogens is 3. The van der Waals surface area contributed by atoms with E-state index in [9.17, 15) is 4.39 Å². The van der Waals surface area contributed by atoms with Gasteiger partial charge in [-0.25, -0.2) is 4.39 Å². The first-order chi connectivity index (χ1) is 6.74. The molecule has 0 amide bonds. The minimum atomic E-state index is -0.339. The predicted octanol–water partition coefficient (Wildman–Crippen LogP) is 3.10. The van der Waals surface area contributed by atoms with Gasteiger partial charge in [-0.3, -0.25) is 0 Å². The Bertz CT molecular complexity index is 291. The zero-order valence-electron chi connectivity index (χ0n) is 7.69. The van der Waals surface area contributed by atoms with Crippen molar-refractivity contribution in [2.75, 3.05) is 19.8 Å². The van der Waals surface area contributed by atoms with Crippen molar-refractivity contribution < 1.29 is 4.39 Å². The molecular formula is C10H12Cl2FN. The van der Waals surface area contributed by atoms with Crippen molar-refractivity contribution in [2.24, 2.45) is 0 Å². The van der Waals surface area contributed by atoms with Crippen molar-refractivity contribution in [2.45, 2.75) is 6.42 Å². The van der Waals surface area contributed by atoms with Crippen molar-refractivity contribution in [3.8, 4) is 0 Å². The van der Waals surface area contributed by atoms with Crippen LogP contribution >= 0.6 is 23.2 Å². The average Bonchev–Trinajstić information content (AvgIpc) is 2.15. The molecule has 0 fully saturated rings. The molecule has 4 heteroatoms. The third-order valence-electron chi connectivity index (χ3n) is 1.86. The lowest BCUT2D eigenvalue weighted by molar-refractivity contribution is 0.468. The summed E-state index contributed by atoms with van der Waals surface area (Å²) in [6.45, 7) is 0.783. The Morgan fingerprint density at radius 2 is 2.00 bits per heavy atom. The number of benzene rings is 1. The lowest BCUT2D eigenvalue weighted by Crippen LogP contribution is -2.19. The lowest BCUT2D eigenvalue weighted by Gasteiger charge is -2.05. The van der Waals surface area contributed by atoms with Crippen LogP contribution in [-0.4, -0.2) is 19.8 Å². The predicted molar refractivity (Wildman–Crippen MR) is 59.0 cm³/mol. The van der Waals surface area contributed by atoms with E-state index in [1.807, 2.05) is 6.07 Å². The van der Waals surface area contributed by atoms with Crippen LogP contribution in [-0.2, 0) is 6.42 Å². The van der Waals surface area contributed by atoms with Gasteiger partial charge < -0.3 is 5.32 Å². The summed E-state index contributed by atoms with van der Waals surface area (Å²) in [6, 6.07) is 5.41. The van der Waals surface area contributed by atoms with E-state index in [2.05, 4.69) is 5.32 Å². The molecule has 0 aromatic heterocycles. The molecule has 0 aliphatic rings. The van der Waals surface area contributed by atoms with Gasteiger partial charge in [0.05, 0.1) is 0 Å². The maximum absolute atomic E-state index is 11.7. The zero-order chi connectivity index (χ0) is 10.4. The average molecular weight is 236 g/mol. The van der Waals surface area contributed by atoms with Crippen molar-refractivity contribution >= 4 is 23.2 Å². The molecule has 0 saturated heterocycles. The monoisotopic (exact) mass is 235 g/mol. The summed E-state index contributed by atoms with van der Waals surface area (Å²) in [4.78, 5) is 0. The molecule has 0 atom stereocenters. The van der Waals surface area contributed by atoms with Crippen LogP contribution in [0.2, 0.25) is 10.0 Å². The van der Waals surface area contributed by atoms with Crippen LogP contribution in [0, 0.1) is 0 Å². The van der Waals surface area contributed by atoms with Crippen molar-refractivity contribution in [3.05, 3.63) is 33.8 Å². The molecule has 1 rings (SSSR count). The Hall–Kier alpha value is -0.310. The summed E-state index contributed by atoms with van der Waals surface area (Å²) in [6.07, 6.45) is 0.788. The molecule has 0 saturated carbocycles. The van der Waals surface area contributed by atoms with Crippen molar-refractivity contribution in [1.82, 2.24) is 5.32 Å². The Balaban J connectivity index is 2.42. The van der Waals surface area contributed by atoms with E-state index in [1.54, 1.807) is 12.1 Å². The number of rotatable bonds is 5. The molecule has 0 heterocycles. The number of hydrogen-bond donors (Lipinski definition) is 1. The van der Waals surface area contributed by atoms with Crippen LogP contribution in [0.4, 0.5) is 4.39 Å². The number of alkyl halides is 1. The van der Waals surface area contributed by atoms with Gasteiger partial charge in [0.2, 0.25) is 0 Å². The fraction of sp³-hybridized carbons (Fsp3) is 0.400. The second-order valence-corrected chi connectivity index (χ2v) is 3.77. The summed E-state index contributed by atoms with van der Waals surface area (Å²) in [7, 11) is 0. The Labute approximate surface area is 93.2 Å². The SMILES string of the molecule is FCCNCCc1ccc(Cl)cc1Cl. The fourth-order valence-corrected chi connectivity index (χ4v) is 1.64. The first-order valence-electron chi connectivity index (χ1n) is 4.44. The molecule has 0 radical (unpaired) electrons. The highest BCUT2D eigenvalue weighted by molar-refractivity contribution is 6.35. The quantitative estimate of drug-likeness (QED) is 0.774. The van der Waals surface area contributed by atoms with Gasteiger partial charge in [-0.2, -0.15) is 0 Å². The van der Waals surface area contributed by atoms with Crippen LogP contribution in [0.1, 0.15) is 5.56 Å². The molecule has 1 aromatic rings. The van der Waals surface area contributed by atoms with E-state index in [1.165, 1.54) is 0 Å². The maximum Gasteiger partial charge on any atom is 0.102 e. The second-order valence-electron chi connectivity index (χ2n) is 2.92. The van der Waals surface area contributed by atoms with Gasteiger partial charge in [0, 0.05) is 16.6 Å². The van der Waals surface area contributed by atoms with Gasteiger partial charge in [-0.1, -0.05) is 29.3 Å². The first kappa shape index (κ1) is 11.8. The molecule has 1 nitrogen and oxygen atoms in total. The molecule has 0 aliphatic heterocycles. The molecule has 14 heavy (non-hydrogen) atoms. The highest BCUT2D eigenvalue weighted by Crippen LogP contribution is 2.20. The molecule has 0 bridgehead atoms. The van der Waals surface area contributed by atoms with E-state index in [0.29, 0.717) is 16.6 Å². The lowest BCUT2D eigenvalue weighted by atomic mass is 10.1. The minimum Gasteiger partial charge on any atom is -0.314 e. The Kier molecular flexibility index (Phi) is 5.23. The molecule has 1 N–H and O–H groups in total. The first-order valence-corrected chi connectivity index (χ1v) is 5.20. The van der Waals surface area contributed by atoms with Gasteiger partial charge in [-0.05, 0) is 30.7 Å². The summed E-state index contributed by atoms with van der Waals surface area (Å²) < 4.78 is 11.7. The van der Waals surface area contributed by atoms with Crippen LogP contribution in [0.15, 0.2) is 18.2 Å². The van der Waals surface area contributed by atoms with E-state index < -0.39 is 0 Å². The summed E-state index contributed by atoms with van der Waals surface area (Å²) in [5, 5.41) is 4.26. The third-order valence-corrected chi connectivity index (χ3v) is 2.44.